The minimum absolute atomic E-state index is 0.0614. The van der Waals surface area contributed by atoms with E-state index >= 15 is 0 Å². The second-order valence-corrected chi connectivity index (χ2v) is 4.99. The van der Waals surface area contributed by atoms with Crippen molar-refractivity contribution >= 4 is 27.7 Å². The molecule has 0 saturated carbocycles. The predicted molar refractivity (Wildman–Crippen MR) is 75.4 cm³/mol. The smallest absolute Gasteiger partial charge is 0.229 e. The van der Waals surface area contributed by atoms with Gasteiger partial charge in [0.05, 0.1) is 6.42 Å². The molecule has 2 aromatic rings. The average molecular weight is 305 g/mol. The van der Waals surface area contributed by atoms with E-state index in [0.29, 0.717) is 12.2 Å². The number of pyridine rings is 1. The number of rotatable bonds is 3. The molecular formula is C14H13BrN2O. The molecule has 3 nitrogen and oxygen atoms in total. The van der Waals surface area contributed by atoms with Crippen LogP contribution in [0.5, 0.6) is 0 Å². The Bertz CT molecular complexity index is 485. The van der Waals surface area contributed by atoms with E-state index in [1.54, 1.807) is 12.3 Å². The molecule has 0 unspecified atom stereocenters. The van der Waals surface area contributed by atoms with Crippen molar-refractivity contribution in [2.24, 2.45) is 0 Å². The maximum Gasteiger partial charge on any atom is 0.229 e. The van der Waals surface area contributed by atoms with Gasteiger partial charge in [-0.05, 0) is 40.5 Å². The number of hydrogen-bond donors (Lipinski definition) is 1. The lowest BCUT2D eigenvalue weighted by molar-refractivity contribution is -0.115. The van der Waals surface area contributed by atoms with E-state index in [1.807, 2.05) is 37.3 Å². The molecule has 1 heterocycles. The van der Waals surface area contributed by atoms with Crippen molar-refractivity contribution < 1.29 is 4.79 Å². The average Bonchev–Trinajstić information content (AvgIpc) is 2.35. The summed E-state index contributed by atoms with van der Waals surface area (Å²) in [5.74, 6) is 0.504. The minimum Gasteiger partial charge on any atom is -0.310 e. The molecule has 0 saturated heterocycles. The molecule has 1 aromatic heterocycles. The van der Waals surface area contributed by atoms with E-state index in [9.17, 15) is 4.79 Å². The topological polar surface area (TPSA) is 42.0 Å². The molecule has 0 bridgehead atoms. The largest absolute Gasteiger partial charge is 0.310 e. The Morgan fingerprint density at radius 1 is 1.22 bits per heavy atom. The van der Waals surface area contributed by atoms with Gasteiger partial charge in [0.25, 0.3) is 0 Å². The van der Waals surface area contributed by atoms with Crippen LogP contribution < -0.4 is 5.32 Å². The van der Waals surface area contributed by atoms with Gasteiger partial charge in [0.15, 0.2) is 0 Å². The molecule has 0 radical (unpaired) electrons. The number of amides is 1. The van der Waals surface area contributed by atoms with E-state index in [2.05, 4.69) is 26.2 Å². The molecule has 0 spiro atoms. The van der Waals surface area contributed by atoms with Gasteiger partial charge in [-0.25, -0.2) is 4.98 Å². The second kappa shape index (κ2) is 5.78. The zero-order chi connectivity index (χ0) is 13.0. The van der Waals surface area contributed by atoms with Crippen LogP contribution in [0.1, 0.15) is 11.1 Å². The normalized spacial score (nSPS) is 10.1. The van der Waals surface area contributed by atoms with Crippen molar-refractivity contribution in [2.75, 3.05) is 5.32 Å². The van der Waals surface area contributed by atoms with Crippen LogP contribution >= 0.6 is 15.9 Å². The molecule has 1 aromatic carbocycles. The third-order valence-corrected chi connectivity index (χ3v) is 2.95. The number of benzene rings is 1. The molecule has 0 aliphatic rings. The Balaban J connectivity index is 1.96. The maximum absolute atomic E-state index is 11.8. The fourth-order valence-corrected chi connectivity index (χ4v) is 1.76. The van der Waals surface area contributed by atoms with Crippen molar-refractivity contribution in [3.05, 3.63) is 58.2 Å². The Morgan fingerprint density at radius 3 is 2.56 bits per heavy atom. The summed E-state index contributed by atoms with van der Waals surface area (Å²) in [4.78, 5) is 15.9. The van der Waals surface area contributed by atoms with Crippen LogP contribution in [0.3, 0.4) is 0 Å². The van der Waals surface area contributed by atoms with Crippen LogP contribution in [0, 0.1) is 6.92 Å². The molecule has 2 rings (SSSR count). The third-order valence-electron chi connectivity index (χ3n) is 2.48. The summed E-state index contributed by atoms with van der Waals surface area (Å²) in [6.45, 7) is 2.02. The Labute approximate surface area is 114 Å². The summed E-state index contributed by atoms with van der Waals surface area (Å²) >= 11 is 3.30. The minimum atomic E-state index is -0.0614. The van der Waals surface area contributed by atoms with Gasteiger partial charge in [0.2, 0.25) is 5.91 Å². The first-order valence-corrected chi connectivity index (χ1v) is 6.40. The maximum atomic E-state index is 11.8. The first-order valence-electron chi connectivity index (χ1n) is 5.60. The van der Waals surface area contributed by atoms with Gasteiger partial charge in [0.1, 0.15) is 5.82 Å². The number of carbonyl (C=O) groups is 1. The Kier molecular flexibility index (Phi) is 4.10. The van der Waals surface area contributed by atoms with Crippen molar-refractivity contribution in [1.29, 1.82) is 0 Å². The highest BCUT2D eigenvalue weighted by Crippen LogP contribution is 2.11. The highest BCUT2D eigenvalue weighted by molar-refractivity contribution is 9.10. The summed E-state index contributed by atoms with van der Waals surface area (Å²) in [6.07, 6.45) is 2.01. The number of nitrogens with one attached hydrogen (secondary N) is 1. The van der Waals surface area contributed by atoms with Crippen LogP contribution in [0.2, 0.25) is 0 Å². The van der Waals surface area contributed by atoms with E-state index < -0.39 is 0 Å². The highest BCUT2D eigenvalue weighted by atomic mass is 79.9. The summed E-state index contributed by atoms with van der Waals surface area (Å²) < 4.78 is 0.888. The first-order chi connectivity index (χ1) is 8.63. The molecule has 0 atom stereocenters. The summed E-state index contributed by atoms with van der Waals surface area (Å²) in [5, 5.41) is 2.76. The number of aryl methyl sites for hydroxylation is 1. The molecule has 1 amide bonds. The van der Waals surface area contributed by atoms with Gasteiger partial charge < -0.3 is 5.32 Å². The number of nitrogens with zero attached hydrogens (tertiary/aromatic N) is 1. The van der Waals surface area contributed by atoms with Gasteiger partial charge in [-0.2, -0.15) is 0 Å². The van der Waals surface area contributed by atoms with Crippen LogP contribution in [0.15, 0.2) is 47.1 Å². The van der Waals surface area contributed by atoms with Crippen LogP contribution in [0.25, 0.3) is 0 Å². The van der Waals surface area contributed by atoms with Gasteiger partial charge in [-0.1, -0.05) is 29.8 Å². The lowest BCUT2D eigenvalue weighted by Gasteiger charge is -2.04. The molecule has 92 valence electrons. The fraction of sp³-hybridized carbons (Fsp3) is 0.143. The Hall–Kier alpha value is -1.68. The fourth-order valence-electron chi connectivity index (χ4n) is 1.53. The van der Waals surface area contributed by atoms with Crippen LogP contribution in [-0.4, -0.2) is 10.9 Å². The van der Waals surface area contributed by atoms with Crippen molar-refractivity contribution in [3.63, 3.8) is 0 Å². The second-order valence-electron chi connectivity index (χ2n) is 4.07. The lowest BCUT2D eigenvalue weighted by atomic mass is 10.1. The van der Waals surface area contributed by atoms with Crippen molar-refractivity contribution in [2.45, 2.75) is 13.3 Å². The lowest BCUT2D eigenvalue weighted by Crippen LogP contribution is -2.15. The molecule has 0 fully saturated rings. The molecular weight excluding hydrogens is 292 g/mol. The standard InChI is InChI=1S/C14H13BrN2O/c1-10-2-4-11(5-3-10)8-14(18)17-13-7-6-12(15)9-16-13/h2-7,9H,8H2,1H3,(H,16,17,18). The summed E-state index contributed by atoms with van der Waals surface area (Å²) in [7, 11) is 0. The first kappa shape index (κ1) is 12.8. The molecule has 0 aliphatic carbocycles. The number of anilines is 1. The van der Waals surface area contributed by atoms with E-state index in [0.717, 1.165) is 10.0 Å². The molecule has 1 N–H and O–H groups in total. The number of halogens is 1. The molecule has 4 heteroatoms. The highest BCUT2D eigenvalue weighted by Gasteiger charge is 2.04. The number of aromatic nitrogens is 1. The van der Waals surface area contributed by atoms with Crippen LogP contribution in [0.4, 0.5) is 5.82 Å². The van der Waals surface area contributed by atoms with Crippen LogP contribution in [-0.2, 0) is 11.2 Å². The monoisotopic (exact) mass is 304 g/mol. The van der Waals surface area contributed by atoms with Crippen molar-refractivity contribution in [3.8, 4) is 0 Å². The van der Waals surface area contributed by atoms with E-state index in [-0.39, 0.29) is 5.91 Å². The number of carbonyl (C=O) groups excluding carboxylic acids is 1. The SMILES string of the molecule is Cc1ccc(CC(=O)Nc2ccc(Br)cn2)cc1. The summed E-state index contributed by atoms with van der Waals surface area (Å²) in [6, 6.07) is 11.5. The zero-order valence-corrected chi connectivity index (χ0v) is 11.6. The molecule has 0 aliphatic heterocycles. The van der Waals surface area contributed by atoms with Gasteiger partial charge in [-0.3, -0.25) is 4.79 Å². The van der Waals surface area contributed by atoms with Gasteiger partial charge >= 0.3 is 0 Å². The van der Waals surface area contributed by atoms with E-state index in [4.69, 9.17) is 0 Å². The van der Waals surface area contributed by atoms with Crippen molar-refractivity contribution in [1.82, 2.24) is 4.98 Å². The predicted octanol–water partition coefficient (Wildman–Crippen LogP) is 3.33. The molecule has 18 heavy (non-hydrogen) atoms. The quantitative estimate of drug-likeness (QED) is 0.945. The zero-order valence-electron chi connectivity index (χ0n) is 9.98. The Morgan fingerprint density at radius 2 is 1.94 bits per heavy atom. The number of hydrogen-bond acceptors (Lipinski definition) is 2. The van der Waals surface area contributed by atoms with Gasteiger partial charge in [0, 0.05) is 10.7 Å². The van der Waals surface area contributed by atoms with E-state index in [1.165, 1.54) is 5.56 Å². The third kappa shape index (κ3) is 3.67. The van der Waals surface area contributed by atoms with Gasteiger partial charge in [-0.15, -0.1) is 0 Å². The summed E-state index contributed by atoms with van der Waals surface area (Å²) in [5.41, 5.74) is 2.18.